The fraction of sp³-hybridized carbons (Fsp3) is 0.400. The molecule has 0 fully saturated rings. The molecule has 5 heteroatoms. The summed E-state index contributed by atoms with van der Waals surface area (Å²) >= 11 is 0. The molecule has 0 unspecified atom stereocenters. The van der Waals surface area contributed by atoms with E-state index in [0.29, 0.717) is 17.8 Å². The van der Waals surface area contributed by atoms with Crippen molar-refractivity contribution in [2.45, 2.75) is 27.2 Å². The Hall–Kier alpha value is -2.35. The summed E-state index contributed by atoms with van der Waals surface area (Å²) in [6.45, 7) is 5.76. The number of benzene rings is 1. The minimum absolute atomic E-state index is 0.0799. The minimum atomic E-state index is -0.455. The molecule has 0 saturated heterocycles. The second-order valence-electron chi connectivity index (χ2n) is 5.49. The molecule has 1 rings (SSSR count). The van der Waals surface area contributed by atoms with Crippen LogP contribution in [0.15, 0.2) is 24.3 Å². The van der Waals surface area contributed by atoms with Gasteiger partial charge in [0.25, 0.3) is 0 Å². The average Bonchev–Trinajstić information content (AvgIpc) is 2.38. The average molecular weight is 273 g/mol. The number of nitrogens with zero attached hydrogens (tertiary/aromatic N) is 1. The first-order valence-electron chi connectivity index (χ1n) is 6.41. The van der Waals surface area contributed by atoms with Crippen molar-refractivity contribution in [1.29, 1.82) is 5.26 Å². The number of rotatable bonds is 4. The van der Waals surface area contributed by atoms with Crippen LogP contribution in [0.1, 0.15) is 32.8 Å². The molecule has 0 heterocycles. The lowest BCUT2D eigenvalue weighted by atomic mass is 9.96. The molecule has 2 N–H and O–H groups in total. The highest BCUT2D eigenvalue weighted by atomic mass is 16.2. The van der Waals surface area contributed by atoms with Crippen molar-refractivity contribution in [3.8, 4) is 6.07 Å². The van der Waals surface area contributed by atoms with Crippen LogP contribution >= 0.6 is 0 Å². The molecule has 0 aliphatic carbocycles. The van der Waals surface area contributed by atoms with Gasteiger partial charge >= 0.3 is 0 Å². The molecule has 0 atom stereocenters. The van der Waals surface area contributed by atoms with Gasteiger partial charge in [0, 0.05) is 24.1 Å². The molecule has 0 aromatic heterocycles. The topological polar surface area (TPSA) is 82.0 Å². The van der Waals surface area contributed by atoms with Gasteiger partial charge in [-0.25, -0.2) is 0 Å². The second kappa shape index (κ2) is 6.71. The predicted octanol–water partition coefficient (Wildman–Crippen LogP) is 2.05. The molecule has 1 aromatic rings. The van der Waals surface area contributed by atoms with Crippen LogP contribution in [0.4, 0.5) is 5.69 Å². The Morgan fingerprint density at radius 3 is 2.30 bits per heavy atom. The number of hydrogen-bond acceptors (Lipinski definition) is 3. The van der Waals surface area contributed by atoms with E-state index in [4.69, 9.17) is 5.26 Å². The summed E-state index contributed by atoms with van der Waals surface area (Å²) in [6, 6.07) is 8.62. The van der Waals surface area contributed by atoms with E-state index in [9.17, 15) is 9.59 Å². The molecular weight excluding hydrogens is 254 g/mol. The molecule has 2 amide bonds. The lowest BCUT2D eigenvalue weighted by molar-refractivity contribution is -0.128. The van der Waals surface area contributed by atoms with Crippen LogP contribution in [-0.2, 0) is 9.59 Å². The Balaban J connectivity index is 2.37. The normalized spacial score (nSPS) is 10.5. The van der Waals surface area contributed by atoms with E-state index in [1.165, 1.54) is 0 Å². The second-order valence-corrected chi connectivity index (χ2v) is 5.49. The zero-order valence-electron chi connectivity index (χ0n) is 12.0. The summed E-state index contributed by atoms with van der Waals surface area (Å²) in [6.07, 6.45) is 0.210. The predicted molar refractivity (Wildman–Crippen MR) is 76.9 cm³/mol. The third kappa shape index (κ3) is 5.11. The highest BCUT2D eigenvalue weighted by molar-refractivity contribution is 5.91. The molecule has 0 radical (unpaired) electrons. The molecule has 1 aromatic carbocycles. The van der Waals surface area contributed by atoms with Crippen LogP contribution in [0.25, 0.3) is 0 Å². The van der Waals surface area contributed by atoms with Gasteiger partial charge in [-0.15, -0.1) is 0 Å². The molecule has 0 aliphatic rings. The number of carbonyl (C=O) groups is 2. The summed E-state index contributed by atoms with van der Waals surface area (Å²) in [7, 11) is 0. The van der Waals surface area contributed by atoms with Crippen LogP contribution in [0.5, 0.6) is 0 Å². The Bertz CT molecular complexity index is 522. The van der Waals surface area contributed by atoms with Crippen molar-refractivity contribution in [2.24, 2.45) is 5.41 Å². The van der Waals surface area contributed by atoms with Crippen LogP contribution in [0.2, 0.25) is 0 Å². The first-order valence-corrected chi connectivity index (χ1v) is 6.41. The number of nitrogens with one attached hydrogen (secondary N) is 2. The summed E-state index contributed by atoms with van der Waals surface area (Å²) in [5.41, 5.74) is 0.723. The minimum Gasteiger partial charge on any atom is -0.355 e. The highest BCUT2D eigenvalue weighted by Gasteiger charge is 2.20. The molecule has 0 spiro atoms. The molecule has 0 saturated carbocycles. The van der Waals surface area contributed by atoms with Gasteiger partial charge in [0.2, 0.25) is 11.8 Å². The molecule has 5 nitrogen and oxygen atoms in total. The largest absolute Gasteiger partial charge is 0.355 e. The van der Waals surface area contributed by atoms with E-state index in [0.717, 1.165) is 0 Å². The van der Waals surface area contributed by atoms with E-state index in [1.54, 1.807) is 24.3 Å². The monoisotopic (exact) mass is 273 g/mol. The SMILES string of the molecule is CC(C)(C)C(=O)NCCC(=O)Nc1ccc(C#N)cc1. The van der Waals surface area contributed by atoms with Gasteiger partial charge in [0.05, 0.1) is 11.6 Å². The van der Waals surface area contributed by atoms with Gasteiger partial charge in [-0.3, -0.25) is 9.59 Å². The summed E-state index contributed by atoms with van der Waals surface area (Å²) < 4.78 is 0. The highest BCUT2D eigenvalue weighted by Crippen LogP contribution is 2.12. The van der Waals surface area contributed by atoms with Crippen molar-refractivity contribution in [3.05, 3.63) is 29.8 Å². The van der Waals surface area contributed by atoms with Crippen LogP contribution in [0, 0.1) is 16.7 Å². The number of carbonyl (C=O) groups excluding carboxylic acids is 2. The van der Waals surface area contributed by atoms with Gasteiger partial charge in [-0.2, -0.15) is 5.26 Å². The number of hydrogen-bond donors (Lipinski definition) is 2. The Morgan fingerprint density at radius 1 is 1.20 bits per heavy atom. The van der Waals surface area contributed by atoms with Crippen molar-refractivity contribution < 1.29 is 9.59 Å². The molecule has 0 aliphatic heterocycles. The maximum atomic E-state index is 11.7. The van der Waals surface area contributed by atoms with Gasteiger partial charge in [-0.1, -0.05) is 20.8 Å². The number of amides is 2. The van der Waals surface area contributed by atoms with Crippen molar-refractivity contribution >= 4 is 17.5 Å². The zero-order valence-corrected chi connectivity index (χ0v) is 12.0. The third-order valence-corrected chi connectivity index (χ3v) is 2.62. The number of anilines is 1. The summed E-state index contributed by atoms with van der Waals surface area (Å²) in [5, 5.41) is 14.1. The Morgan fingerprint density at radius 2 is 1.80 bits per heavy atom. The quantitative estimate of drug-likeness (QED) is 0.880. The molecule has 0 bridgehead atoms. The van der Waals surface area contributed by atoms with Crippen LogP contribution in [0.3, 0.4) is 0 Å². The van der Waals surface area contributed by atoms with Gasteiger partial charge in [0.1, 0.15) is 0 Å². The Labute approximate surface area is 119 Å². The lowest BCUT2D eigenvalue weighted by Gasteiger charge is -2.17. The van der Waals surface area contributed by atoms with E-state index >= 15 is 0 Å². The Kier molecular flexibility index (Phi) is 5.27. The summed E-state index contributed by atoms with van der Waals surface area (Å²) in [5.74, 6) is -0.257. The van der Waals surface area contributed by atoms with E-state index < -0.39 is 5.41 Å². The van der Waals surface area contributed by atoms with E-state index in [1.807, 2.05) is 26.8 Å². The molecular formula is C15H19N3O2. The smallest absolute Gasteiger partial charge is 0.226 e. The van der Waals surface area contributed by atoms with Crippen LogP contribution in [-0.4, -0.2) is 18.4 Å². The standard InChI is InChI=1S/C15H19N3O2/c1-15(2,3)14(20)17-9-8-13(19)18-12-6-4-11(10-16)5-7-12/h4-7H,8-9H2,1-3H3,(H,17,20)(H,18,19). The van der Waals surface area contributed by atoms with E-state index in [-0.39, 0.29) is 18.2 Å². The maximum Gasteiger partial charge on any atom is 0.226 e. The van der Waals surface area contributed by atoms with Gasteiger partial charge in [0.15, 0.2) is 0 Å². The summed E-state index contributed by atoms with van der Waals surface area (Å²) in [4.78, 5) is 23.3. The first kappa shape index (κ1) is 15.7. The van der Waals surface area contributed by atoms with Crippen molar-refractivity contribution in [2.75, 3.05) is 11.9 Å². The third-order valence-electron chi connectivity index (χ3n) is 2.62. The van der Waals surface area contributed by atoms with Crippen molar-refractivity contribution in [3.63, 3.8) is 0 Å². The molecule has 20 heavy (non-hydrogen) atoms. The van der Waals surface area contributed by atoms with Crippen LogP contribution < -0.4 is 10.6 Å². The fourth-order valence-electron chi connectivity index (χ4n) is 1.41. The lowest BCUT2D eigenvalue weighted by Crippen LogP contribution is -2.36. The van der Waals surface area contributed by atoms with Gasteiger partial charge in [-0.05, 0) is 24.3 Å². The van der Waals surface area contributed by atoms with Gasteiger partial charge < -0.3 is 10.6 Å². The first-order chi connectivity index (χ1) is 9.32. The number of nitriles is 1. The molecule has 106 valence electrons. The maximum absolute atomic E-state index is 11.7. The van der Waals surface area contributed by atoms with Crippen molar-refractivity contribution in [1.82, 2.24) is 5.32 Å². The van der Waals surface area contributed by atoms with E-state index in [2.05, 4.69) is 10.6 Å². The zero-order chi connectivity index (χ0) is 15.2. The fourth-order valence-corrected chi connectivity index (χ4v) is 1.41.